The van der Waals surface area contributed by atoms with Gasteiger partial charge in [0.05, 0.1) is 0 Å². The topological polar surface area (TPSA) is 20.2 Å². The maximum Gasteiger partial charge on any atom is 0.115 e. The lowest BCUT2D eigenvalue weighted by atomic mass is 10.3. The van der Waals surface area contributed by atoms with Crippen molar-refractivity contribution in [3.05, 3.63) is 24.3 Å². The molecule has 0 spiro atoms. The highest BCUT2D eigenvalue weighted by Gasteiger charge is 2.09. The van der Waals surface area contributed by atoms with Crippen LogP contribution in [0, 0.1) is 0 Å². The third kappa shape index (κ3) is 2.31. The minimum atomic E-state index is -1.16. The molecule has 1 N–H and O–H groups in total. The van der Waals surface area contributed by atoms with Crippen LogP contribution in [-0.2, 0) is 0 Å². The molecule has 0 fully saturated rings. The second-order valence-electron chi connectivity index (χ2n) is 2.70. The summed E-state index contributed by atoms with van der Waals surface area (Å²) < 4.78 is 0. The fourth-order valence-corrected chi connectivity index (χ4v) is 1.86. The summed E-state index contributed by atoms with van der Waals surface area (Å²) in [5.74, 6) is 0.286. The summed E-state index contributed by atoms with van der Waals surface area (Å²) in [5, 5.41) is 8.99. The molecule has 0 amide bonds. The number of hydrogen-bond acceptors (Lipinski definition) is 1. The first-order valence-electron chi connectivity index (χ1n) is 3.22. The summed E-state index contributed by atoms with van der Waals surface area (Å²) in [6, 6.07) is 7.04. The Morgan fingerprint density at radius 3 is 2.00 bits per heavy atom. The summed E-state index contributed by atoms with van der Waals surface area (Å²) >= 11 is 0. The van der Waals surface area contributed by atoms with Crippen LogP contribution in [0.5, 0.6) is 5.75 Å². The maximum atomic E-state index is 8.99. The molecule has 0 aliphatic carbocycles. The molecular weight excluding hydrogens is 180 g/mol. The number of rotatable bonds is 1. The van der Waals surface area contributed by atoms with E-state index in [0.717, 1.165) is 4.90 Å². The summed E-state index contributed by atoms with van der Waals surface area (Å²) in [5.41, 5.74) is 0. The van der Waals surface area contributed by atoms with Gasteiger partial charge >= 0.3 is 0 Å². The van der Waals surface area contributed by atoms with Crippen molar-refractivity contribution in [3.63, 3.8) is 0 Å². The van der Waals surface area contributed by atoms with Gasteiger partial charge in [0.2, 0.25) is 0 Å². The van der Waals surface area contributed by atoms with Crippen molar-refractivity contribution in [1.82, 2.24) is 0 Å². The molecule has 0 aliphatic heterocycles. The maximum absolute atomic E-state index is 8.99. The van der Waals surface area contributed by atoms with Crippen LogP contribution in [0.1, 0.15) is 0 Å². The Morgan fingerprint density at radius 2 is 1.64 bits per heavy atom. The van der Waals surface area contributed by atoms with E-state index in [1.165, 1.54) is 0 Å². The predicted octanol–water partition coefficient (Wildman–Crippen LogP) is 2.97. The van der Waals surface area contributed by atoms with Crippen LogP contribution in [0.4, 0.5) is 0 Å². The molecule has 0 heterocycles. The molecule has 0 bridgehead atoms. The van der Waals surface area contributed by atoms with Gasteiger partial charge in [0, 0.05) is 4.90 Å². The van der Waals surface area contributed by atoms with Crippen molar-refractivity contribution in [2.45, 2.75) is 4.90 Å². The molecule has 1 rings (SSSR count). The predicted molar refractivity (Wildman–Crippen MR) is 51.7 cm³/mol. The number of phenols is 1. The van der Waals surface area contributed by atoms with Crippen molar-refractivity contribution in [1.29, 1.82) is 0 Å². The zero-order chi connectivity index (χ0) is 8.48. The van der Waals surface area contributed by atoms with E-state index >= 15 is 0 Å². The summed E-state index contributed by atoms with van der Waals surface area (Å²) in [6.07, 6.45) is 4.00. The molecule has 0 unspecified atom stereocenters. The first-order chi connectivity index (χ1) is 5.00. The Bertz CT molecular complexity index is 237. The molecule has 0 aliphatic rings. The normalized spacial score (nSPS) is 13.0. The zero-order valence-electron chi connectivity index (χ0n) is 6.54. The van der Waals surface area contributed by atoms with Gasteiger partial charge in [-0.05, 0) is 36.8 Å². The highest BCUT2D eigenvalue weighted by atomic mass is 35.7. The van der Waals surface area contributed by atoms with E-state index in [0.29, 0.717) is 0 Å². The molecule has 1 nitrogen and oxygen atoms in total. The van der Waals surface area contributed by atoms with Crippen molar-refractivity contribution in [2.24, 2.45) is 0 Å². The Labute approximate surface area is 72.8 Å². The monoisotopic (exact) mass is 190 g/mol. The number of aromatic hydroxyl groups is 1. The van der Waals surface area contributed by atoms with Crippen LogP contribution < -0.4 is 0 Å². The summed E-state index contributed by atoms with van der Waals surface area (Å²) in [6.45, 7) is 0. The van der Waals surface area contributed by atoms with Crippen LogP contribution in [0.15, 0.2) is 29.2 Å². The van der Waals surface area contributed by atoms with E-state index in [2.05, 4.69) is 0 Å². The Morgan fingerprint density at radius 1 is 1.18 bits per heavy atom. The van der Waals surface area contributed by atoms with Gasteiger partial charge in [0.25, 0.3) is 0 Å². The number of hydrogen-bond donors (Lipinski definition) is 1. The van der Waals surface area contributed by atoms with Crippen LogP contribution in [0.2, 0.25) is 0 Å². The smallest absolute Gasteiger partial charge is 0.115 e. The molecule has 1 aromatic rings. The van der Waals surface area contributed by atoms with Crippen LogP contribution in [0.3, 0.4) is 0 Å². The van der Waals surface area contributed by atoms with Gasteiger partial charge in [-0.2, -0.15) is 0 Å². The first kappa shape index (κ1) is 8.75. The third-order valence-electron chi connectivity index (χ3n) is 1.40. The van der Waals surface area contributed by atoms with Crippen molar-refractivity contribution < 1.29 is 5.11 Å². The van der Waals surface area contributed by atoms with Crippen molar-refractivity contribution >= 4 is 19.9 Å². The minimum absolute atomic E-state index is 0.286. The fraction of sp³-hybridized carbons (Fsp3) is 0.250. The molecular formula is C8H11ClOS. The minimum Gasteiger partial charge on any atom is -0.508 e. The molecule has 0 aromatic heterocycles. The van der Waals surface area contributed by atoms with Gasteiger partial charge < -0.3 is 5.11 Å². The van der Waals surface area contributed by atoms with Crippen molar-refractivity contribution in [3.8, 4) is 5.75 Å². The lowest BCUT2D eigenvalue weighted by Gasteiger charge is -2.21. The lowest BCUT2D eigenvalue weighted by Crippen LogP contribution is -1.85. The molecule has 3 heteroatoms. The molecule has 62 valence electrons. The van der Waals surface area contributed by atoms with Crippen LogP contribution >= 0.6 is 19.9 Å². The van der Waals surface area contributed by atoms with Gasteiger partial charge in [-0.3, -0.25) is 0 Å². The molecule has 0 radical (unpaired) electrons. The average molecular weight is 191 g/mol. The molecule has 0 atom stereocenters. The van der Waals surface area contributed by atoms with Gasteiger partial charge in [-0.15, -0.1) is 9.24 Å². The van der Waals surface area contributed by atoms with Crippen LogP contribution in [-0.4, -0.2) is 17.6 Å². The molecule has 0 saturated heterocycles. The highest BCUT2D eigenvalue weighted by Crippen LogP contribution is 2.53. The second kappa shape index (κ2) is 2.95. The third-order valence-corrected chi connectivity index (χ3v) is 3.32. The zero-order valence-corrected chi connectivity index (χ0v) is 8.12. The van der Waals surface area contributed by atoms with E-state index < -0.39 is 9.24 Å². The fourth-order valence-electron chi connectivity index (χ4n) is 0.770. The van der Waals surface area contributed by atoms with E-state index in [1.54, 1.807) is 12.1 Å². The molecule has 11 heavy (non-hydrogen) atoms. The van der Waals surface area contributed by atoms with E-state index in [4.69, 9.17) is 15.8 Å². The Kier molecular flexibility index (Phi) is 2.35. The number of halogens is 1. The van der Waals surface area contributed by atoms with E-state index in [9.17, 15) is 0 Å². The summed E-state index contributed by atoms with van der Waals surface area (Å²) in [7, 11) is 4.95. The highest BCUT2D eigenvalue weighted by molar-refractivity contribution is 8.50. The molecule has 0 saturated carbocycles. The quantitative estimate of drug-likeness (QED) is 0.722. The average Bonchev–Trinajstić information content (AvgIpc) is 1.86. The van der Waals surface area contributed by atoms with Crippen LogP contribution in [0.25, 0.3) is 0 Å². The SMILES string of the molecule is CS(C)(Cl)c1ccc(O)cc1. The standard InChI is InChI=1S/C8H11ClOS/c1-11(2,9)8-5-3-7(10)4-6-8/h3-6,10H,1-2H3. The largest absolute Gasteiger partial charge is 0.508 e. The van der Waals surface area contributed by atoms with E-state index in [-0.39, 0.29) is 5.75 Å². The van der Waals surface area contributed by atoms with E-state index in [1.807, 2.05) is 24.6 Å². The second-order valence-corrected chi connectivity index (χ2v) is 7.89. The van der Waals surface area contributed by atoms with Crippen molar-refractivity contribution in [2.75, 3.05) is 12.5 Å². The van der Waals surface area contributed by atoms with Gasteiger partial charge in [0.1, 0.15) is 5.75 Å². The van der Waals surface area contributed by atoms with Gasteiger partial charge in [-0.25, -0.2) is 0 Å². The summed E-state index contributed by atoms with van der Waals surface area (Å²) in [4.78, 5) is 1.09. The Balaban J connectivity index is 2.99. The number of phenolic OH excluding ortho intramolecular Hbond substituents is 1. The number of benzene rings is 1. The van der Waals surface area contributed by atoms with Gasteiger partial charge in [-0.1, -0.05) is 10.7 Å². The lowest BCUT2D eigenvalue weighted by molar-refractivity contribution is 0.475. The van der Waals surface area contributed by atoms with Gasteiger partial charge in [0.15, 0.2) is 0 Å². The Hall–Kier alpha value is -0.340. The first-order valence-corrected chi connectivity index (χ1v) is 6.50. The molecule has 1 aromatic carbocycles.